The zero-order valence-corrected chi connectivity index (χ0v) is 14.7. The Labute approximate surface area is 147 Å². The molecule has 0 saturated heterocycles. The number of hydrogen-bond donors (Lipinski definition) is 0. The second-order valence-electron chi connectivity index (χ2n) is 5.97. The van der Waals surface area contributed by atoms with Gasteiger partial charge in [0.25, 0.3) is 0 Å². The normalized spacial score (nSPS) is 16.6. The number of carbonyl (C=O) groups is 1. The molecule has 2 aromatic heterocycles. The van der Waals surface area contributed by atoms with Crippen molar-refractivity contribution in [2.24, 2.45) is 0 Å². The molecule has 0 radical (unpaired) electrons. The van der Waals surface area contributed by atoms with Gasteiger partial charge < -0.3 is 14.4 Å². The summed E-state index contributed by atoms with van der Waals surface area (Å²) in [7, 11) is 0. The van der Waals surface area contributed by atoms with Gasteiger partial charge in [0.05, 0.1) is 31.2 Å². The molecule has 1 aliphatic heterocycles. The lowest BCUT2D eigenvalue weighted by molar-refractivity contribution is -0.137. The Balaban J connectivity index is 1.76. The third-order valence-corrected chi connectivity index (χ3v) is 4.37. The van der Waals surface area contributed by atoms with Crippen molar-refractivity contribution in [3.05, 3.63) is 42.0 Å². The monoisotopic (exact) mass is 344 g/mol. The van der Waals surface area contributed by atoms with Crippen LogP contribution < -0.4 is 4.74 Å². The third kappa shape index (κ3) is 3.99. The van der Waals surface area contributed by atoms with E-state index in [1.54, 1.807) is 12.4 Å². The Bertz CT molecular complexity index is 702. The molecular formula is C18H24N4O3. The number of hydrogen-bond acceptors (Lipinski definition) is 5. The number of ether oxygens (including phenoxy) is 2. The zero-order chi connectivity index (χ0) is 17.6. The van der Waals surface area contributed by atoms with E-state index in [1.165, 1.54) is 0 Å². The highest BCUT2D eigenvalue weighted by atomic mass is 16.5. The first-order valence-corrected chi connectivity index (χ1v) is 8.65. The molecule has 1 atom stereocenters. The predicted octanol–water partition coefficient (Wildman–Crippen LogP) is 1.84. The molecule has 7 heteroatoms. The van der Waals surface area contributed by atoms with Crippen molar-refractivity contribution in [3.8, 4) is 5.75 Å². The molecular weight excluding hydrogens is 320 g/mol. The predicted molar refractivity (Wildman–Crippen MR) is 92.3 cm³/mol. The highest BCUT2D eigenvalue weighted by molar-refractivity contribution is 5.77. The molecule has 1 aliphatic rings. The molecule has 0 bridgehead atoms. The topological polar surface area (TPSA) is 69.5 Å². The summed E-state index contributed by atoms with van der Waals surface area (Å²) >= 11 is 0. The molecule has 0 aromatic carbocycles. The molecule has 0 N–H and O–H groups in total. The number of amides is 1. The minimum absolute atomic E-state index is 0.00253. The first-order valence-electron chi connectivity index (χ1n) is 8.65. The van der Waals surface area contributed by atoms with Crippen LogP contribution in [0, 0.1) is 0 Å². The lowest BCUT2D eigenvalue weighted by Gasteiger charge is -2.33. The Morgan fingerprint density at radius 3 is 2.96 bits per heavy atom. The Kier molecular flexibility index (Phi) is 5.65. The van der Waals surface area contributed by atoms with E-state index < -0.39 is 0 Å². The van der Waals surface area contributed by atoms with E-state index in [0.29, 0.717) is 26.3 Å². The Hall–Kier alpha value is -2.41. The van der Waals surface area contributed by atoms with Crippen LogP contribution in [0.15, 0.2) is 30.7 Å². The van der Waals surface area contributed by atoms with E-state index in [1.807, 2.05) is 34.8 Å². The summed E-state index contributed by atoms with van der Waals surface area (Å²) < 4.78 is 13.1. The van der Waals surface area contributed by atoms with Gasteiger partial charge in [-0.1, -0.05) is 0 Å². The maximum atomic E-state index is 12.4. The van der Waals surface area contributed by atoms with Crippen LogP contribution >= 0.6 is 0 Å². The summed E-state index contributed by atoms with van der Waals surface area (Å²) in [5, 5.41) is 4.46. The molecule has 0 fully saturated rings. The van der Waals surface area contributed by atoms with E-state index >= 15 is 0 Å². The van der Waals surface area contributed by atoms with Gasteiger partial charge in [-0.05, 0) is 26.0 Å². The largest absolute Gasteiger partial charge is 0.491 e. The van der Waals surface area contributed by atoms with Gasteiger partial charge in [0.2, 0.25) is 5.91 Å². The van der Waals surface area contributed by atoms with E-state index in [2.05, 4.69) is 17.0 Å². The fourth-order valence-electron chi connectivity index (χ4n) is 3.06. The van der Waals surface area contributed by atoms with Crippen LogP contribution in [-0.4, -0.2) is 51.9 Å². The molecule has 3 rings (SSSR count). The summed E-state index contributed by atoms with van der Waals surface area (Å²) in [6.07, 6.45) is 5.31. The molecule has 2 aromatic rings. The Morgan fingerprint density at radius 2 is 2.24 bits per heavy atom. The number of fused-ring (bicyclic) bond motifs is 1. The molecule has 0 aliphatic carbocycles. The third-order valence-electron chi connectivity index (χ3n) is 4.37. The van der Waals surface area contributed by atoms with Crippen molar-refractivity contribution in [3.63, 3.8) is 0 Å². The van der Waals surface area contributed by atoms with E-state index in [0.717, 1.165) is 23.6 Å². The maximum Gasteiger partial charge on any atom is 0.248 e. The van der Waals surface area contributed by atoms with Gasteiger partial charge in [0, 0.05) is 37.4 Å². The molecule has 1 amide bonds. The van der Waals surface area contributed by atoms with Crippen molar-refractivity contribution in [2.75, 3.05) is 26.4 Å². The van der Waals surface area contributed by atoms with Crippen LogP contribution in [0.3, 0.4) is 0 Å². The van der Waals surface area contributed by atoms with E-state index in [9.17, 15) is 4.79 Å². The average molecular weight is 344 g/mol. The van der Waals surface area contributed by atoms with Crippen molar-refractivity contribution < 1.29 is 14.3 Å². The summed E-state index contributed by atoms with van der Waals surface area (Å²) in [6.45, 7) is 7.01. The van der Waals surface area contributed by atoms with Crippen LogP contribution in [0.1, 0.15) is 31.0 Å². The minimum atomic E-state index is 0.00253. The van der Waals surface area contributed by atoms with E-state index in [-0.39, 0.29) is 18.4 Å². The van der Waals surface area contributed by atoms with Gasteiger partial charge >= 0.3 is 0 Å². The van der Waals surface area contributed by atoms with Gasteiger partial charge in [0.15, 0.2) is 0 Å². The Morgan fingerprint density at radius 1 is 1.36 bits per heavy atom. The fourth-order valence-corrected chi connectivity index (χ4v) is 3.06. The number of aromatic nitrogens is 3. The first kappa shape index (κ1) is 17.4. The summed E-state index contributed by atoms with van der Waals surface area (Å²) in [6, 6.07) is 3.72. The quantitative estimate of drug-likeness (QED) is 0.766. The van der Waals surface area contributed by atoms with Gasteiger partial charge in [-0.2, -0.15) is 5.10 Å². The van der Waals surface area contributed by atoms with Crippen molar-refractivity contribution >= 4 is 5.91 Å². The molecule has 0 saturated carbocycles. The molecule has 7 nitrogen and oxygen atoms in total. The maximum absolute atomic E-state index is 12.4. The van der Waals surface area contributed by atoms with Gasteiger partial charge in [-0.15, -0.1) is 0 Å². The summed E-state index contributed by atoms with van der Waals surface area (Å²) in [4.78, 5) is 18.3. The zero-order valence-electron chi connectivity index (χ0n) is 14.7. The fraction of sp³-hybridized carbons (Fsp3) is 0.500. The lowest BCUT2D eigenvalue weighted by Crippen LogP contribution is -2.42. The standard InChI is InChI=1S/C18H24N4O3/c1-3-22-17-11-21(18(23)13-24-4-2)10-14(16(17)9-20-22)12-25-15-6-5-7-19-8-15/h5-9,14H,3-4,10-13H2,1-2H3. The van der Waals surface area contributed by atoms with Crippen LogP contribution in [0.25, 0.3) is 0 Å². The van der Waals surface area contributed by atoms with Crippen molar-refractivity contribution in [1.82, 2.24) is 19.7 Å². The molecule has 1 unspecified atom stereocenters. The second-order valence-corrected chi connectivity index (χ2v) is 5.97. The van der Waals surface area contributed by atoms with Crippen molar-refractivity contribution in [2.45, 2.75) is 32.9 Å². The van der Waals surface area contributed by atoms with Gasteiger partial charge in [-0.25, -0.2) is 0 Å². The molecule has 25 heavy (non-hydrogen) atoms. The highest BCUT2D eigenvalue weighted by Crippen LogP contribution is 2.29. The smallest absolute Gasteiger partial charge is 0.248 e. The van der Waals surface area contributed by atoms with E-state index in [4.69, 9.17) is 9.47 Å². The number of pyridine rings is 1. The number of nitrogens with zero attached hydrogens (tertiary/aromatic N) is 4. The van der Waals surface area contributed by atoms with Crippen LogP contribution in [-0.2, 0) is 22.6 Å². The van der Waals surface area contributed by atoms with Gasteiger partial charge in [-0.3, -0.25) is 14.5 Å². The van der Waals surface area contributed by atoms with Crippen LogP contribution in [0.5, 0.6) is 5.75 Å². The first-order chi connectivity index (χ1) is 12.2. The van der Waals surface area contributed by atoms with Crippen LogP contribution in [0.4, 0.5) is 0 Å². The van der Waals surface area contributed by atoms with Gasteiger partial charge in [0.1, 0.15) is 12.4 Å². The highest BCUT2D eigenvalue weighted by Gasteiger charge is 2.31. The van der Waals surface area contributed by atoms with Crippen LogP contribution in [0.2, 0.25) is 0 Å². The number of rotatable bonds is 7. The molecule has 134 valence electrons. The molecule has 0 spiro atoms. The summed E-state index contributed by atoms with van der Waals surface area (Å²) in [5.74, 6) is 0.808. The van der Waals surface area contributed by atoms with Crippen molar-refractivity contribution in [1.29, 1.82) is 0 Å². The summed E-state index contributed by atoms with van der Waals surface area (Å²) in [5.41, 5.74) is 2.24. The molecule has 3 heterocycles. The number of aryl methyl sites for hydroxylation is 1. The average Bonchev–Trinajstić information content (AvgIpc) is 3.08. The number of carbonyl (C=O) groups excluding carboxylic acids is 1. The SMILES string of the molecule is CCOCC(=O)N1Cc2c(cnn2CC)C(COc2cccnc2)C1. The minimum Gasteiger partial charge on any atom is -0.491 e. The second kappa shape index (κ2) is 8.11. The lowest BCUT2D eigenvalue weighted by atomic mass is 9.95.